The fourth-order valence-corrected chi connectivity index (χ4v) is 2.61. The Labute approximate surface area is 147 Å². The summed E-state index contributed by atoms with van der Waals surface area (Å²) in [6.45, 7) is 2.27. The van der Waals surface area contributed by atoms with Crippen LogP contribution < -0.4 is 11.0 Å². The molecule has 0 spiro atoms. The van der Waals surface area contributed by atoms with Gasteiger partial charge in [0.25, 0.3) is 5.56 Å². The summed E-state index contributed by atoms with van der Waals surface area (Å²) in [7, 11) is 0. The number of para-hydroxylation sites is 1. The van der Waals surface area contributed by atoms with E-state index in [4.69, 9.17) is 11.6 Å². The van der Waals surface area contributed by atoms with E-state index in [1.165, 1.54) is 22.9 Å². The van der Waals surface area contributed by atoms with E-state index in [1.807, 2.05) is 6.92 Å². The molecule has 7 nitrogen and oxygen atoms in total. The number of hydrazone groups is 1. The Morgan fingerprint density at radius 3 is 2.80 bits per heavy atom. The topological polar surface area (TPSA) is 99.7 Å². The molecule has 0 atom stereocenters. The summed E-state index contributed by atoms with van der Waals surface area (Å²) < 4.78 is 1.47. The van der Waals surface area contributed by atoms with Crippen molar-refractivity contribution >= 4 is 34.7 Å². The van der Waals surface area contributed by atoms with Gasteiger partial charge in [-0.05, 0) is 36.8 Å². The van der Waals surface area contributed by atoms with E-state index in [9.17, 15) is 15.0 Å². The molecule has 0 aliphatic heterocycles. The van der Waals surface area contributed by atoms with Gasteiger partial charge in [0.1, 0.15) is 0 Å². The minimum Gasteiger partial charge on any atom is -0.504 e. The van der Waals surface area contributed by atoms with Crippen molar-refractivity contribution in [2.45, 2.75) is 13.5 Å². The Morgan fingerprint density at radius 1 is 1.32 bits per heavy atom. The number of aromatic hydroxyl groups is 2. The highest BCUT2D eigenvalue weighted by Crippen LogP contribution is 2.33. The predicted molar refractivity (Wildman–Crippen MR) is 97.7 cm³/mol. The molecule has 8 heteroatoms. The second kappa shape index (κ2) is 6.82. The number of phenols is 2. The lowest BCUT2D eigenvalue weighted by Gasteiger charge is -2.10. The summed E-state index contributed by atoms with van der Waals surface area (Å²) in [5.74, 6) is -0.428. The van der Waals surface area contributed by atoms with E-state index >= 15 is 0 Å². The summed E-state index contributed by atoms with van der Waals surface area (Å²) in [5, 5.41) is 23.6. The number of rotatable bonds is 4. The number of fused-ring (bicyclic) bond motifs is 1. The van der Waals surface area contributed by atoms with Crippen LogP contribution in [0.15, 0.2) is 46.3 Å². The zero-order chi connectivity index (χ0) is 18.0. The zero-order valence-electron chi connectivity index (χ0n) is 13.3. The molecule has 0 bridgehead atoms. The number of hydrogen-bond donors (Lipinski definition) is 3. The molecule has 2 aromatic carbocycles. The van der Waals surface area contributed by atoms with Gasteiger partial charge in [0.2, 0.25) is 5.95 Å². The minimum atomic E-state index is -0.386. The van der Waals surface area contributed by atoms with Gasteiger partial charge in [-0.3, -0.25) is 9.36 Å². The molecule has 0 radical (unpaired) electrons. The number of hydrogen-bond acceptors (Lipinski definition) is 6. The first-order valence-electron chi connectivity index (χ1n) is 7.51. The molecule has 0 amide bonds. The summed E-state index contributed by atoms with van der Waals surface area (Å²) in [5.41, 5.74) is 3.62. The monoisotopic (exact) mass is 358 g/mol. The summed E-state index contributed by atoms with van der Waals surface area (Å²) in [6.07, 6.45) is 1.40. The molecular formula is C17H15ClN4O3. The number of anilines is 1. The van der Waals surface area contributed by atoms with Gasteiger partial charge in [-0.1, -0.05) is 23.7 Å². The largest absolute Gasteiger partial charge is 0.504 e. The van der Waals surface area contributed by atoms with Gasteiger partial charge in [0.15, 0.2) is 11.5 Å². The Bertz CT molecular complexity index is 1010. The van der Waals surface area contributed by atoms with Gasteiger partial charge in [-0.2, -0.15) is 5.10 Å². The number of nitrogens with one attached hydrogen (secondary N) is 1. The average molecular weight is 359 g/mol. The first-order chi connectivity index (χ1) is 12.0. The molecule has 3 N–H and O–H groups in total. The first-order valence-corrected chi connectivity index (χ1v) is 7.89. The number of aromatic nitrogens is 2. The SMILES string of the molecule is CCn1c(N/N=C/c2cc(O)c(O)c(Cl)c2)nc2ccccc2c1=O. The zero-order valence-corrected chi connectivity index (χ0v) is 14.0. The Balaban J connectivity index is 1.94. The summed E-state index contributed by atoms with van der Waals surface area (Å²) in [6, 6.07) is 9.83. The normalized spacial score (nSPS) is 11.3. The van der Waals surface area contributed by atoms with Crippen molar-refractivity contribution in [3.8, 4) is 11.5 Å². The third-order valence-electron chi connectivity index (χ3n) is 3.62. The highest BCUT2D eigenvalue weighted by atomic mass is 35.5. The Kier molecular flexibility index (Phi) is 4.58. The standard InChI is InChI=1S/C17H15ClN4O3/c1-2-22-16(25)11-5-3-4-6-13(11)20-17(22)21-19-9-10-7-12(18)15(24)14(23)8-10/h3-9,23-24H,2H2,1H3,(H,20,21)/b19-9+. The lowest BCUT2D eigenvalue weighted by molar-refractivity contribution is 0.404. The molecule has 1 aromatic heterocycles. The molecule has 0 saturated carbocycles. The van der Waals surface area contributed by atoms with E-state index < -0.39 is 0 Å². The van der Waals surface area contributed by atoms with Crippen molar-refractivity contribution in [2.24, 2.45) is 5.10 Å². The van der Waals surface area contributed by atoms with Crippen molar-refractivity contribution in [1.82, 2.24) is 9.55 Å². The van der Waals surface area contributed by atoms with Crippen LogP contribution in [-0.4, -0.2) is 26.0 Å². The van der Waals surface area contributed by atoms with Gasteiger partial charge in [-0.15, -0.1) is 0 Å². The molecule has 0 saturated heterocycles. The molecule has 0 aliphatic carbocycles. The fraction of sp³-hybridized carbons (Fsp3) is 0.118. The van der Waals surface area contributed by atoms with Crippen LogP contribution in [0.5, 0.6) is 11.5 Å². The second-order valence-electron chi connectivity index (χ2n) is 5.24. The Morgan fingerprint density at radius 2 is 2.08 bits per heavy atom. The summed E-state index contributed by atoms with van der Waals surface area (Å²) >= 11 is 5.80. The molecule has 3 aromatic rings. The van der Waals surface area contributed by atoms with Crippen molar-refractivity contribution in [2.75, 3.05) is 5.43 Å². The maximum absolute atomic E-state index is 12.5. The first kappa shape index (κ1) is 16.8. The van der Waals surface area contributed by atoms with Crippen LogP contribution in [0.1, 0.15) is 12.5 Å². The van der Waals surface area contributed by atoms with Crippen LogP contribution in [0, 0.1) is 0 Å². The molecular weight excluding hydrogens is 344 g/mol. The molecule has 0 fully saturated rings. The van der Waals surface area contributed by atoms with Crippen molar-refractivity contribution in [3.05, 3.63) is 57.3 Å². The number of phenolic OH excluding ortho intramolecular Hbond substituents is 2. The average Bonchev–Trinajstić information content (AvgIpc) is 2.60. The van der Waals surface area contributed by atoms with Crippen molar-refractivity contribution < 1.29 is 10.2 Å². The second-order valence-corrected chi connectivity index (χ2v) is 5.65. The van der Waals surface area contributed by atoms with Crippen molar-refractivity contribution in [1.29, 1.82) is 0 Å². The fourth-order valence-electron chi connectivity index (χ4n) is 2.39. The van der Waals surface area contributed by atoms with Gasteiger partial charge < -0.3 is 10.2 Å². The smallest absolute Gasteiger partial charge is 0.262 e. The molecule has 0 unspecified atom stereocenters. The molecule has 25 heavy (non-hydrogen) atoms. The highest BCUT2D eigenvalue weighted by Gasteiger charge is 2.09. The lowest BCUT2D eigenvalue weighted by atomic mass is 10.2. The van der Waals surface area contributed by atoms with E-state index in [0.717, 1.165) is 0 Å². The third-order valence-corrected chi connectivity index (χ3v) is 3.91. The van der Waals surface area contributed by atoms with Crippen LogP contribution in [0.3, 0.4) is 0 Å². The van der Waals surface area contributed by atoms with Gasteiger partial charge in [0, 0.05) is 6.54 Å². The number of benzene rings is 2. The van der Waals surface area contributed by atoms with Gasteiger partial charge in [0.05, 0.1) is 22.1 Å². The molecule has 3 rings (SSSR count). The van der Waals surface area contributed by atoms with E-state index in [1.54, 1.807) is 24.3 Å². The van der Waals surface area contributed by atoms with Crippen molar-refractivity contribution in [3.63, 3.8) is 0 Å². The number of halogens is 1. The maximum Gasteiger partial charge on any atom is 0.262 e. The van der Waals surface area contributed by atoms with Crippen LogP contribution in [0.25, 0.3) is 10.9 Å². The number of nitrogens with zero attached hydrogens (tertiary/aromatic N) is 3. The molecule has 1 heterocycles. The van der Waals surface area contributed by atoms with Crippen LogP contribution in [0.4, 0.5) is 5.95 Å². The van der Waals surface area contributed by atoms with E-state index in [2.05, 4.69) is 15.5 Å². The van der Waals surface area contributed by atoms with Crippen LogP contribution in [0.2, 0.25) is 5.02 Å². The molecule has 0 aliphatic rings. The van der Waals surface area contributed by atoms with Gasteiger partial charge in [-0.25, -0.2) is 10.4 Å². The van der Waals surface area contributed by atoms with E-state index in [-0.39, 0.29) is 22.1 Å². The lowest BCUT2D eigenvalue weighted by Crippen LogP contribution is -2.23. The third kappa shape index (κ3) is 3.27. The van der Waals surface area contributed by atoms with Gasteiger partial charge >= 0.3 is 0 Å². The van der Waals surface area contributed by atoms with Crippen LogP contribution >= 0.6 is 11.6 Å². The van der Waals surface area contributed by atoms with Crippen LogP contribution in [-0.2, 0) is 6.54 Å². The summed E-state index contributed by atoms with van der Waals surface area (Å²) in [4.78, 5) is 16.9. The maximum atomic E-state index is 12.5. The van der Waals surface area contributed by atoms with E-state index in [0.29, 0.717) is 29.0 Å². The predicted octanol–water partition coefficient (Wildman–Crippen LogP) is 2.93. The Hall–Kier alpha value is -3.06. The quantitative estimate of drug-likeness (QED) is 0.378. The molecule has 128 valence electrons. The highest BCUT2D eigenvalue weighted by molar-refractivity contribution is 6.32. The minimum absolute atomic E-state index is 0.00995.